The quantitative estimate of drug-likeness (QED) is 0.598. The third kappa shape index (κ3) is 6.84. The van der Waals surface area contributed by atoms with Gasteiger partial charge in [-0.2, -0.15) is 0 Å². The molecule has 11 heavy (non-hydrogen) atoms. The maximum atomic E-state index is 10.9. The van der Waals surface area contributed by atoms with Crippen LogP contribution in [0.15, 0.2) is 24.8 Å². The summed E-state index contributed by atoms with van der Waals surface area (Å²) < 4.78 is 0. The van der Waals surface area contributed by atoms with Crippen molar-refractivity contribution in [2.24, 2.45) is 0 Å². The predicted molar refractivity (Wildman–Crippen MR) is 47.3 cm³/mol. The fourth-order valence-electron chi connectivity index (χ4n) is 0.571. The molecular weight excluding hydrogens is 138 g/mol. The van der Waals surface area contributed by atoms with Crippen molar-refractivity contribution in [2.75, 3.05) is 6.54 Å². The van der Waals surface area contributed by atoms with Crippen LogP contribution in [0.5, 0.6) is 0 Å². The summed E-state index contributed by atoms with van der Waals surface area (Å²) in [5.74, 6) is 0.0629. The van der Waals surface area contributed by atoms with E-state index < -0.39 is 0 Å². The van der Waals surface area contributed by atoms with Gasteiger partial charge in [0.05, 0.1) is 0 Å². The van der Waals surface area contributed by atoms with E-state index in [9.17, 15) is 4.79 Å². The Labute approximate surface area is 68.0 Å². The van der Waals surface area contributed by atoms with E-state index in [-0.39, 0.29) is 5.91 Å². The average Bonchev–Trinajstić information content (AvgIpc) is 1.97. The molecule has 2 heteroatoms. The smallest absolute Gasteiger partial charge is 0.220 e. The highest BCUT2D eigenvalue weighted by Gasteiger charge is 1.96. The molecule has 0 aliphatic heterocycles. The molecule has 1 amide bonds. The first-order chi connectivity index (χ1) is 5.16. The van der Waals surface area contributed by atoms with Gasteiger partial charge >= 0.3 is 0 Å². The number of nitrogens with one attached hydrogen (secondary N) is 1. The number of amides is 1. The SMILES string of the molecule is C=CCCC(=O)NCC(=C)C. The highest BCUT2D eigenvalue weighted by atomic mass is 16.1. The molecule has 0 aromatic rings. The number of hydrogen-bond donors (Lipinski definition) is 1. The van der Waals surface area contributed by atoms with Gasteiger partial charge in [-0.3, -0.25) is 4.79 Å². The van der Waals surface area contributed by atoms with E-state index in [1.165, 1.54) is 0 Å². The molecule has 0 aromatic carbocycles. The van der Waals surface area contributed by atoms with Crippen molar-refractivity contribution in [1.82, 2.24) is 5.32 Å². The fraction of sp³-hybridized carbons (Fsp3) is 0.444. The van der Waals surface area contributed by atoms with E-state index in [0.29, 0.717) is 13.0 Å². The van der Waals surface area contributed by atoms with Crippen LogP contribution in [0.25, 0.3) is 0 Å². The van der Waals surface area contributed by atoms with Crippen molar-refractivity contribution in [3.8, 4) is 0 Å². The molecule has 0 aromatic heterocycles. The number of rotatable bonds is 5. The van der Waals surface area contributed by atoms with Crippen LogP contribution < -0.4 is 5.32 Å². The first-order valence-electron chi connectivity index (χ1n) is 3.68. The molecule has 0 saturated carbocycles. The van der Waals surface area contributed by atoms with Crippen LogP contribution >= 0.6 is 0 Å². The molecule has 0 fully saturated rings. The summed E-state index contributed by atoms with van der Waals surface area (Å²) in [6.07, 6.45) is 3.00. The van der Waals surface area contributed by atoms with Gasteiger partial charge in [0.15, 0.2) is 0 Å². The van der Waals surface area contributed by atoms with Gasteiger partial charge in [0, 0.05) is 13.0 Å². The maximum absolute atomic E-state index is 10.9. The Bertz CT molecular complexity index is 161. The summed E-state index contributed by atoms with van der Waals surface area (Å²) in [7, 11) is 0. The Balaban J connectivity index is 3.37. The zero-order chi connectivity index (χ0) is 8.69. The standard InChI is InChI=1S/C9H15NO/c1-4-5-6-9(11)10-7-8(2)3/h4H,1-2,5-7H2,3H3,(H,10,11). The van der Waals surface area contributed by atoms with E-state index in [4.69, 9.17) is 0 Å². The highest BCUT2D eigenvalue weighted by Crippen LogP contribution is 1.89. The van der Waals surface area contributed by atoms with E-state index in [1.807, 2.05) is 6.92 Å². The second kappa shape index (κ2) is 5.71. The van der Waals surface area contributed by atoms with Gasteiger partial charge in [-0.1, -0.05) is 18.2 Å². The van der Waals surface area contributed by atoms with Crippen molar-refractivity contribution < 1.29 is 4.79 Å². The van der Waals surface area contributed by atoms with E-state index in [0.717, 1.165) is 12.0 Å². The summed E-state index contributed by atoms with van der Waals surface area (Å²) in [6, 6.07) is 0. The van der Waals surface area contributed by atoms with Crippen molar-refractivity contribution in [1.29, 1.82) is 0 Å². The number of carbonyl (C=O) groups excluding carboxylic acids is 1. The first-order valence-corrected chi connectivity index (χ1v) is 3.68. The zero-order valence-corrected chi connectivity index (χ0v) is 7.02. The zero-order valence-electron chi connectivity index (χ0n) is 7.02. The molecule has 1 N–H and O–H groups in total. The fourth-order valence-corrected chi connectivity index (χ4v) is 0.571. The summed E-state index contributed by atoms with van der Waals surface area (Å²) >= 11 is 0. The van der Waals surface area contributed by atoms with Gasteiger partial charge < -0.3 is 5.32 Å². The third-order valence-electron chi connectivity index (χ3n) is 1.16. The van der Waals surface area contributed by atoms with E-state index in [2.05, 4.69) is 18.5 Å². The Morgan fingerprint density at radius 3 is 2.73 bits per heavy atom. The Kier molecular flexibility index (Phi) is 5.17. The molecular formula is C9H15NO. The van der Waals surface area contributed by atoms with Crippen LogP contribution in [0.1, 0.15) is 19.8 Å². The lowest BCUT2D eigenvalue weighted by atomic mass is 10.3. The van der Waals surface area contributed by atoms with Crippen molar-refractivity contribution >= 4 is 5.91 Å². The Hall–Kier alpha value is -1.05. The van der Waals surface area contributed by atoms with Gasteiger partial charge in [0.2, 0.25) is 5.91 Å². The minimum atomic E-state index is 0.0629. The first kappa shape index (κ1) is 9.95. The van der Waals surface area contributed by atoms with Gasteiger partial charge in [-0.25, -0.2) is 0 Å². The lowest BCUT2D eigenvalue weighted by Crippen LogP contribution is -2.24. The van der Waals surface area contributed by atoms with Gasteiger partial charge in [-0.05, 0) is 13.3 Å². The molecule has 0 radical (unpaired) electrons. The predicted octanol–water partition coefficient (Wildman–Crippen LogP) is 1.64. The highest BCUT2D eigenvalue weighted by molar-refractivity contribution is 5.76. The number of carbonyl (C=O) groups is 1. The minimum absolute atomic E-state index is 0.0629. The van der Waals surface area contributed by atoms with Crippen molar-refractivity contribution in [3.05, 3.63) is 24.8 Å². The normalized spacial score (nSPS) is 8.82. The Morgan fingerprint density at radius 2 is 2.27 bits per heavy atom. The number of allylic oxidation sites excluding steroid dienone is 1. The Morgan fingerprint density at radius 1 is 1.64 bits per heavy atom. The van der Waals surface area contributed by atoms with Crippen LogP contribution in [0.3, 0.4) is 0 Å². The third-order valence-corrected chi connectivity index (χ3v) is 1.16. The summed E-state index contributed by atoms with van der Waals surface area (Å²) in [5.41, 5.74) is 0.969. The lowest BCUT2D eigenvalue weighted by Gasteiger charge is -2.01. The molecule has 0 aliphatic rings. The maximum Gasteiger partial charge on any atom is 0.220 e. The second-order valence-electron chi connectivity index (χ2n) is 2.56. The average molecular weight is 153 g/mol. The molecule has 0 bridgehead atoms. The lowest BCUT2D eigenvalue weighted by molar-refractivity contribution is -0.120. The molecule has 0 spiro atoms. The topological polar surface area (TPSA) is 29.1 Å². The van der Waals surface area contributed by atoms with Crippen molar-refractivity contribution in [2.45, 2.75) is 19.8 Å². The van der Waals surface area contributed by atoms with Gasteiger partial charge in [0.1, 0.15) is 0 Å². The summed E-state index contributed by atoms with van der Waals surface area (Å²) in [4.78, 5) is 10.9. The molecule has 0 heterocycles. The molecule has 0 aliphatic carbocycles. The minimum Gasteiger partial charge on any atom is -0.352 e. The molecule has 0 rings (SSSR count). The molecule has 0 saturated heterocycles. The molecule has 2 nitrogen and oxygen atoms in total. The van der Waals surface area contributed by atoms with Crippen LogP contribution in [0.4, 0.5) is 0 Å². The van der Waals surface area contributed by atoms with Crippen LogP contribution in [-0.2, 0) is 4.79 Å². The van der Waals surface area contributed by atoms with E-state index >= 15 is 0 Å². The number of hydrogen-bond acceptors (Lipinski definition) is 1. The van der Waals surface area contributed by atoms with Crippen LogP contribution in [0.2, 0.25) is 0 Å². The molecule has 62 valence electrons. The molecule has 0 atom stereocenters. The summed E-state index contributed by atoms with van der Waals surface area (Å²) in [6.45, 7) is 9.66. The van der Waals surface area contributed by atoms with Gasteiger partial charge in [-0.15, -0.1) is 6.58 Å². The second-order valence-corrected chi connectivity index (χ2v) is 2.56. The van der Waals surface area contributed by atoms with Gasteiger partial charge in [0.25, 0.3) is 0 Å². The molecule has 0 unspecified atom stereocenters. The van der Waals surface area contributed by atoms with Crippen LogP contribution in [0, 0.1) is 0 Å². The largest absolute Gasteiger partial charge is 0.352 e. The van der Waals surface area contributed by atoms with Crippen LogP contribution in [-0.4, -0.2) is 12.5 Å². The summed E-state index contributed by atoms with van der Waals surface area (Å²) in [5, 5.41) is 2.73. The van der Waals surface area contributed by atoms with E-state index in [1.54, 1.807) is 6.08 Å². The van der Waals surface area contributed by atoms with Crippen molar-refractivity contribution in [3.63, 3.8) is 0 Å². The monoisotopic (exact) mass is 153 g/mol.